The third kappa shape index (κ3) is 23.9. The fourth-order valence-electron chi connectivity index (χ4n) is 2.72. The Morgan fingerprint density at radius 1 is 0.600 bits per heavy atom. The fourth-order valence-corrected chi connectivity index (χ4v) is 2.72. The van der Waals surface area contributed by atoms with Gasteiger partial charge in [-0.3, -0.25) is 4.79 Å². The van der Waals surface area contributed by atoms with Crippen molar-refractivity contribution in [3.8, 4) is 0 Å². The van der Waals surface area contributed by atoms with Crippen molar-refractivity contribution < 1.29 is 4.79 Å². The number of hydrogen-bond donors (Lipinski definition) is 1. The minimum Gasteiger partial charge on any atom is -0.356 e. The van der Waals surface area contributed by atoms with E-state index in [1.165, 1.54) is 19.3 Å². The van der Waals surface area contributed by atoms with Gasteiger partial charge in [-0.1, -0.05) is 106 Å². The SMILES string of the molecule is CC/C=C\C/C=C\C/C=C\C/C=C\C/C=C\C/C=C\CCC(=O)NCCCCCC. The molecular weight excluding hydrogens is 366 g/mol. The molecule has 0 fully saturated rings. The summed E-state index contributed by atoms with van der Waals surface area (Å²) in [6, 6.07) is 0. The summed E-state index contributed by atoms with van der Waals surface area (Å²) in [6.07, 6.45) is 38.6. The molecule has 0 aromatic rings. The smallest absolute Gasteiger partial charge is 0.220 e. The first-order valence-electron chi connectivity index (χ1n) is 12.0. The summed E-state index contributed by atoms with van der Waals surface area (Å²) in [6.45, 7) is 5.18. The molecule has 0 bridgehead atoms. The third-order valence-electron chi connectivity index (χ3n) is 4.49. The molecule has 0 aliphatic heterocycles. The van der Waals surface area contributed by atoms with Gasteiger partial charge in [-0.2, -0.15) is 0 Å². The first-order valence-corrected chi connectivity index (χ1v) is 12.0. The topological polar surface area (TPSA) is 29.1 Å². The van der Waals surface area contributed by atoms with E-state index in [9.17, 15) is 4.79 Å². The third-order valence-corrected chi connectivity index (χ3v) is 4.49. The molecule has 0 aromatic carbocycles. The Morgan fingerprint density at radius 3 is 1.53 bits per heavy atom. The quantitative estimate of drug-likeness (QED) is 0.168. The van der Waals surface area contributed by atoms with Gasteiger partial charge in [-0.05, 0) is 51.4 Å². The molecule has 0 aliphatic carbocycles. The van der Waals surface area contributed by atoms with Gasteiger partial charge in [-0.25, -0.2) is 0 Å². The molecule has 0 radical (unpaired) electrons. The van der Waals surface area contributed by atoms with Crippen LogP contribution in [-0.4, -0.2) is 12.5 Å². The zero-order valence-electron chi connectivity index (χ0n) is 19.5. The van der Waals surface area contributed by atoms with Crippen molar-refractivity contribution in [3.05, 3.63) is 72.9 Å². The fraction of sp³-hybridized carbons (Fsp3) is 0.536. The van der Waals surface area contributed by atoms with E-state index in [1.807, 2.05) is 0 Å². The number of nitrogens with one attached hydrogen (secondary N) is 1. The van der Waals surface area contributed by atoms with Gasteiger partial charge in [0.05, 0.1) is 0 Å². The Hall–Kier alpha value is -2.09. The van der Waals surface area contributed by atoms with Gasteiger partial charge in [0.2, 0.25) is 5.91 Å². The minimum atomic E-state index is 0.172. The van der Waals surface area contributed by atoms with Crippen molar-refractivity contribution in [2.75, 3.05) is 6.54 Å². The molecule has 0 rings (SSSR count). The van der Waals surface area contributed by atoms with Crippen LogP contribution < -0.4 is 5.32 Å². The van der Waals surface area contributed by atoms with Crippen LogP contribution >= 0.6 is 0 Å². The Labute approximate surface area is 186 Å². The van der Waals surface area contributed by atoms with Crippen molar-refractivity contribution in [2.45, 2.75) is 90.9 Å². The highest BCUT2D eigenvalue weighted by Crippen LogP contribution is 1.99. The Kier molecular flexibility index (Phi) is 23.2. The van der Waals surface area contributed by atoms with E-state index in [0.29, 0.717) is 6.42 Å². The molecule has 0 aromatic heterocycles. The van der Waals surface area contributed by atoms with Crippen LogP contribution in [0.5, 0.6) is 0 Å². The van der Waals surface area contributed by atoms with E-state index in [2.05, 4.69) is 92.1 Å². The van der Waals surface area contributed by atoms with E-state index in [4.69, 9.17) is 0 Å². The van der Waals surface area contributed by atoms with Gasteiger partial charge in [0, 0.05) is 13.0 Å². The van der Waals surface area contributed by atoms with Gasteiger partial charge in [0.15, 0.2) is 0 Å². The highest BCUT2D eigenvalue weighted by Gasteiger charge is 1.97. The largest absolute Gasteiger partial charge is 0.356 e. The number of rotatable bonds is 19. The zero-order chi connectivity index (χ0) is 22.0. The summed E-state index contributed by atoms with van der Waals surface area (Å²) >= 11 is 0. The van der Waals surface area contributed by atoms with Crippen LogP contribution in [0.2, 0.25) is 0 Å². The van der Waals surface area contributed by atoms with E-state index < -0.39 is 0 Å². The van der Waals surface area contributed by atoms with Crippen molar-refractivity contribution >= 4 is 5.91 Å². The van der Waals surface area contributed by atoms with Crippen LogP contribution in [0.25, 0.3) is 0 Å². The van der Waals surface area contributed by atoms with Gasteiger partial charge < -0.3 is 5.32 Å². The predicted octanol–water partition coefficient (Wildman–Crippen LogP) is 8.16. The van der Waals surface area contributed by atoms with E-state index in [-0.39, 0.29) is 5.91 Å². The molecule has 1 N–H and O–H groups in total. The van der Waals surface area contributed by atoms with E-state index >= 15 is 0 Å². The van der Waals surface area contributed by atoms with Crippen molar-refractivity contribution in [3.63, 3.8) is 0 Å². The van der Waals surface area contributed by atoms with Crippen LogP contribution in [0.4, 0.5) is 0 Å². The molecular formula is C28H45NO. The van der Waals surface area contributed by atoms with Crippen molar-refractivity contribution in [2.24, 2.45) is 0 Å². The second kappa shape index (κ2) is 24.9. The number of unbranched alkanes of at least 4 members (excludes halogenated alkanes) is 3. The lowest BCUT2D eigenvalue weighted by Crippen LogP contribution is -2.23. The second-order valence-corrected chi connectivity index (χ2v) is 7.36. The highest BCUT2D eigenvalue weighted by molar-refractivity contribution is 5.75. The predicted molar refractivity (Wildman–Crippen MR) is 135 cm³/mol. The van der Waals surface area contributed by atoms with E-state index in [1.54, 1.807) is 0 Å². The molecule has 2 heteroatoms. The maximum absolute atomic E-state index is 11.7. The van der Waals surface area contributed by atoms with Crippen LogP contribution in [0, 0.1) is 0 Å². The molecule has 0 saturated heterocycles. The first kappa shape index (κ1) is 27.9. The number of allylic oxidation sites excluding steroid dienone is 12. The molecule has 0 atom stereocenters. The normalized spacial score (nSPS) is 12.7. The van der Waals surface area contributed by atoms with Crippen LogP contribution in [0.3, 0.4) is 0 Å². The molecule has 168 valence electrons. The molecule has 0 heterocycles. The zero-order valence-corrected chi connectivity index (χ0v) is 19.5. The van der Waals surface area contributed by atoms with E-state index in [0.717, 1.165) is 57.9 Å². The van der Waals surface area contributed by atoms with Gasteiger partial charge in [0.25, 0.3) is 0 Å². The Morgan fingerprint density at radius 2 is 1.07 bits per heavy atom. The molecule has 1 amide bonds. The maximum Gasteiger partial charge on any atom is 0.220 e. The lowest BCUT2D eigenvalue weighted by molar-refractivity contribution is -0.121. The lowest BCUT2D eigenvalue weighted by atomic mass is 10.2. The maximum atomic E-state index is 11.7. The summed E-state index contributed by atoms with van der Waals surface area (Å²) < 4.78 is 0. The summed E-state index contributed by atoms with van der Waals surface area (Å²) in [5, 5.41) is 3.00. The minimum absolute atomic E-state index is 0.172. The monoisotopic (exact) mass is 411 g/mol. The number of carbonyl (C=O) groups excluding carboxylic acids is 1. The van der Waals surface area contributed by atoms with Gasteiger partial charge in [0.1, 0.15) is 0 Å². The standard InChI is InChI=1S/C28H45NO/c1-3-5-7-9-10-11-12-13-14-15-16-17-18-19-20-21-22-23-24-26-28(30)29-27-25-8-6-4-2/h5,7,10-11,13-14,16-17,19-20,22-23H,3-4,6,8-9,12,15,18,21,24-27H2,1-2H3,(H,29,30)/b7-5-,11-10-,14-13-,17-16-,20-19-,23-22-. The average Bonchev–Trinajstić information content (AvgIpc) is 2.75. The van der Waals surface area contributed by atoms with Crippen LogP contribution in [-0.2, 0) is 4.79 Å². The van der Waals surface area contributed by atoms with Crippen molar-refractivity contribution in [1.82, 2.24) is 5.32 Å². The number of hydrogen-bond acceptors (Lipinski definition) is 1. The van der Waals surface area contributed by atoms with Gasteiger partial charge >= 0.3 is 0 Å². The average molecular weight is 412 g/mol. The molecule has 2 nitrogen and oxygen atoms in total. The Bertz CT molecular complexity index is 549. The summed E-state index contributed by atoms with van der Waals surface area (Å²) in [4.78, 5) is 11.7. The molecule has 30 heavy (non-hydrogen) atoms. The summed E-state index contributed by atoms with van der Waals surface area (Å²) in [7, 11) is 0. The van der Waals surface area contributed by atoms with Gasteiger partial charge in [-0.15, -0.1) is 0 Å². The second-order valence-electron chi connectivity index (χ2n) is 7.36. The number of carbonyl (C=O) groups is 1. The molecule has 0 unspecified atom stereocenters. The Balaban J connectivity index is 3.53. The summed E-state index contributed by atoms with van der Waals surface area (Å²) in [5.41, 5.74) is 0. The number of amides is 1. The first-order chi connectivity index (χ1) is 14.8. The van der Waals surface area contributed by atoms with Crippen LogP contribution in [0.15, 0.2) is 72.9 Å². The molecule has 0 saturated carbocycles. The molecule has 0 spiro atoms. The van der Waals surface area contributed by atoms with Crippen LogP contribution in [0.1, 0.15) is 90.9 Å². The highest BCUT2D eigenvalue weighted by atomic mass is 16.1. The summed E-state index contributed by atoms with van der Waals surface area (Å²) in [5.74, 6) is 0.172. The van der Waals surface area contributed by atoms with Crippen molar-refractivity contribution in [1.29, 1.82) is 0 Å². The lowest BCUT2D eigenvalue weighted by Gasteiger charge is -2.03. The molecule has 0 aliphatic rings.